The summed E-state index contributed by atoms with van der Waals surface area (Å²) in [5.41, 5.74) is 5.94. The topological polar surface area (TPSA) is 94.1 Å². The molecule has 37 heavy (non-hydrogen) atoms. The largest absolute Gasteiger partial charge is 0.493 e. The molecule has 0 radical (unpaired) electrons. The molecule has 2 N–H and O–H groups in total. The molecule has 0 aliphatic rings. The molecule has 1 unspecified atom stereocenters. The average Bonchev–Trinajstić information content (AvgIpc) is 3.53. The minimum atomic E-state index is -0.289. The molecule has 8 heteroatoms. The van der Waals surface area contributed by atoms with Gasteiger partial charge in [-0.1, -0.05) is 53.2 Å². The molecule has 2 aromatic heterocycles. The van der Waals surface area contributed by atoms with E-state index < -0.39 is 0 Å². The number of methoxy groups -OCH3 is 2. The first-order valence-electron chi connectivity index (χ1n) is 12.1. The van der Waals surface area contributed by atoms with E-state index in [-0.39, 0.29) is 17.5 Å². The monoisotopic (exact) mass is 495 g/mol. The summed E-state index contributed by atoms with van der Waals surface area (Å²) in [6.07, 6.45) is 1.99. The molecule has 0 bridgehead atoms. The van der Waals surface area contributed by atoms with Gasteiger partial charge < -0.3 is 19.8 Å². The zero-order valence-corrected chi connectivity index (χ0v) is 21.3. The van der Waals surface area contributed by atoms with Crippen LogP contribution in [-0.2, 0) is 0 Å². The van der Waals surface area contributed by atoms with E-state index in [9.17, 15) is 4.79 Å². The van der Waals surface area contributed by atoms with Gasteiger partial charge in [0.15, 0.2) is 17.2 Å². The quantitative estimate of drug-likeness (QED) is 0.318. The number of aryl methyl sites for hydroxylation is 1. The smallest absolute Gasteiger partial charge is 0.273 e. The van der Waals surface area contributed by atoms with Gasteiger partial charge in [0.2, 0.25) is 0 Å². The third kappa shape index (κ3) is 4.53. The van der Waals surface area contributed by atoms with Gasteiger partial charge in [0.25, 0.3) is 5.91 Å². The molecule has 8 nitrogen and oxygen atoms in total. The summed E-state index contributed by atoms with van der Waals surface area (Å²) in [6, 6.07) is 21.8. The van der Waals surface area contributed by atoms with Crippen LogP contribution in [0.1, 0.15) is 38.8 Å². The number of carbonyl (C=O) groups excluding carboxylic acids is 1. The van der Waals surface area contributed by atoms with Gasteiger partial charge in [-0.15, -0.1) is 5.10 Å². The average molecular weight is 496 g/mol. The summed E-state index contributed by atoms with van der Waals surface area (Å²) in [5.74, 6) is 0.768. The standard InChI is InChI=1S/C29H29N5O3/c1-18-12-14-20(15-13-18)34-19(2)27(32-33-34)29(35)31-17-24(22-9-7-11-26(36-3)28(22)37-4)23-16-30-25-10-6-5-8-21(23)25/h5-16,24,30H,17H2,1-4H3,(H,31,35). The molecule has 0 saturated carbocycles. The van der Waals surface area contributed by atoms with Crippen LogP contribution in [0.25, 0.3) is 16.6 Å². The number of amides is 1. The van der Waals surface area contributed by atoms with Crippen LogP contribution < -0.4 is 14.8 Å². The molecule has 188 valence electrons. The number of fused-ring (bicyclic) bond motifs is 1. The van der Waals surface area contributed by atoms with E-state index in [1.807, 2.05) is 80.7 Å². The van der Waals surface area contributed by atoms with Crippen LogP contribution in [0, 0.1) is 13.8 Å². The molecule has 1 amide bonds. The third-order valence-corrected chi connectivity index (χ3v) is 6.66. The molecule has 0 spiro atoms. The van der Waals surface area contributed by atoms with E-state index in [1.165, 1.54) is 0 Å². The predicted octanol–water partition coefficient (Wildman–Crippen LogP) is 4.94. The van der Waals surface area contributed by atoms with Crippen molar-refractivity contribution in [1.29, 1.82) is 0 Å². The molecule has 3 aromatic carbocycles. The molecule has 1 atom stereocenters. The first-order valence-corrected chi connectivity index (χ1v) is 12.1. The van der Waals surface area contributed by atoms with Crippen LogP contribution in [-0.4, -0.2) is 46.6 Å². The van der Waals surface area contributed by atoms with Gasteiger partial charge in [-0.3, -0.25) is 4.79 Å². The summed E-state index contributed by atoms with van der Waals surface area (Å²) < 4.78 is 13.0. The molecule has 5 aromatic rings. The Morgan fingerprint density at radius 2 is 1.76 bits per heavy atom. The molecule has 0 saturated heterocycles. The number of aromatic nitrogens is 4. The second-order valence-corrected chi connectivity index (χ2v) is 8.91. The first kappa shape index (κ1) is 24.1. The van der Waals surface area contributed by atoms with Crippen molar-refractivity contribution >= 4 is 16.8 Å². The molecular formula is C29H29N5O3. The Morgan fingerprint density at radius 1 is 0.973 bits per heavy atom. The van der Waals surface area contributed by atoms with Crippen molar-refractivity contribution in [3.05, 3.63) is 101 Å². The normalized spacial score (nSPS) is 11.9. The van der Waals surface area contributed by atoms with Crippen LogP contribution in [0.5, 0.6) is 11.5 Å². The number of nitrogens with zero attached hydrogens (tertiary/aromatic N) is 3. The van der Waals surface area contributed by atoms with Crippen LogP contribution in [0.15, 0.2) is 72.9 Å². The lowest BCUT2D eigenvalue weighted by molar-refractivity contribution is 0.0946. The maximum atomic E-state index is 13.3. The van der Waals surface area contributed by atoms with Gasteiger partial charge in [-0.05, 0) is 43.7 Å². The molecular weight excluding hydrogens is 466 g/mol. The van der Waals surface area contributed by atoms with E-state index in [0.717, 1.165) is 33.3 Å². The lowest BCUT2D eigenvalue weighted by Gasteiger charge is -2.22. The number of benzene rings is 3. The molecule has 0 fully saturated rings. The Morgan fingerprint density at radius 3 is 2.51 bits per heavy atom. The van der Waals surface area contributed by atoms with Gasteiger partial charge in [0.05, 0.1) is 25.6 Å². The van der Waals surface area contributed by atoms with Crippen molar-refractivity contribution < 1.29 is 14.3 Å². The van der Waals surface area contributed by atoms with Gasteiger partial charge in [-0.25, -0.2) is 4.68 Å². The minimum absolute atomic E-state index is 0.211. The highest BCUT2D eigenvalue weighted by Crippen LogP contribution is 2.40. The van der Waals surface area contributed by atoms with Crippen molar-refractivity contribution in [2.75, 3.05) is 20.8 Å². The second kappa shape index (κ2) is 10.2. The van der Waals surface area contributed by atoms with Crippen LogP contribution in [0.4, 0.5) is 0 Å². The van der Waals surface area contributed by atoms with E-state index in [4.69, 9.17) is 9.47 Å². The van der Waals surface area contributed by atoms with Gasteiger partial charge >= 0.3 is 0 Å². The van der Waals surface area contributed by atoms with Crippen LogP contribution in [0.3, 0.4) is 0 Å². The summed E-state index contributed by atoms with van der Waals surface area (Å²) in [5, 5.41) is 12.6. The SMILES string of the molecule is COc1cccc(C(CNC(=O)c2nnn(-c3ccc(C)cc3)c2C)c2c[nH]c3ccccc23)c1OC. The number of nitrogens with one attached hydrogen (secondary N) is 2. The number of para-hydroxylation sites is 2. The summed E-state index contributed by atoms with van der Waals surface area (Å²) in [4.78, 5) is 16.7. The maximum absolute atomic E-state index is 13.3. The van der Waals surface area contributed by atoms with Gasteiger partial charge in [-0.2, -0.15) is 0 Å². The third-order valence-electron chi connectivity index (χ3n) is 6.66. The van der Waals surface area contributed by atoms with Gasteiger partial charge in [0.1, 0.15) is 0 Å². The predicted molar refractivity (Wildman–Crippen MR) is 143 cm³/mol. The number of H-pyrrole nitrogens is 1. The Balaban J connectivity index is 1.48. The highest BCUT2D eigenvalue weighted by molar-refractivity contribution is 5.93. The summed E-state index contributed by atoms with van der Waals surface area (Å²) in [6.45, 7) is 4.19. The van der Waals surface area contributed by atoms with Crippen molar-refractivity contribution in [3.8, 4) is 17.2 Å². The molecule has 0 aliphatic carbocycles. The highest BCUT2D eigenvalue weighted by Gasteiger charge is 2.25. The van der Waals surface area contributed by atoms with Crippen molar-refractivity contribution in [2.24, 2.45) is 0 Å². The fourth-order valence-electron chi connectivity index (χ4n) is 4.70. The zero-order chi connectivity index (χ0) is 25.9. The Labute approximate surface area is 215 Å². The lowest BCUT2D eigenvalue weighted by Crippen LogP contribution is -2.30. The highest BCUT2D eigenvalue weighted by atomic mass is 16.5. The van der Waals surface area contributed by atoms with E-state index in [2.05, 4.69) is 26.7 Å². The number of aromatic amines is 1. The van der Waals surface area contributed by atoms with Crippen molar-refractivity contribution in [3.63, 3.8) is 0 Å². The first-order chi connectivity index (χ1) is 18.0. The Hall–Kier alpha value is -4.59. The number of hydrogen-bond acceptors (Lipinski definition) is 5. The summed E-state index contributed by atoms with van der Waals surface area (Å²) >= 11 is 0. The number of rotatable bonds is 8. The number of carbonyl (C=O) groups is 1. The van der Waals surface area contributed by atoms with E-state index in [0.29, 0.717) is 23.7 Å². The number of hydrogen-bond donors (Lipinski definition) is 2. The molecule has 2 heterocycles. The van der Waals surface area contributed by atoms with E-state index in [1.54, 1.807) is 18.9 Å². The fourth-order valence-corrected chi connectivity index (χ4v) is 4.70. The van der Waals surface area contributed by atoms with Gasteiger partial charge in [0, 0.05) is 35.1 Å². The molecule has 0 aliphatic heterocycles. The summed E-state index contributed by atoms with van der Waals surface area (Å²) in [7, 11) is 3.24. The number of ether oxygens (including phenoxy) is 2. The minimum Gasteiger partial charge on any atom is -0.493 e. The fraction of sp³-hybridized carbons (Fsp3) is 0.207. The van der Waals surface area contributed by atoms with Crippen molar-refractivity contribution in [1.82, 2.24) is 25.3 Å². The Kier molecular flexibility index (Phi) is 6.64. The zero-order valence-electron chi connectivity index (χ0n) is 21.3. The second-order valence-electron chi connectivity index (χ2n) is 8.91. The van der Waals surface area contributed by atoms with Crippen molar-refractivity contribution in [2.45, 2.75) is 19.8 Å². The van der Waals surface area contributed by atoms with Crippen LogP contribution in [0.2, 0.25) is 0 Å². The lowest BCUT2D eigenvalue weighted by atomic mass is 9.89. The van der Waals surface area contributed by atoms with E-state index >= 15 is 0 Å². The Bertz CT molecular complexity index is 1550. The maximum Gasteiger partial charge on any atom is 0.273 e. The van der Waals surface area contributed by atoms with Crippen LogP contribution >= 0.6 is 0 Å². The molecule has 5 rings (SSSR count).